The number of amides is 3. The van der Waals surface area contributed by atoms with E-state index in [4.69, 9.17) is 14.0 Å². The Kier molecular flexibility index (Phi) is 16.5. The standard InChI is InChI=1S/C26H41N5O7.C4H5NS.C2H6/c1-16(2)10-19(23(33)26(5)15-37-26)28-22(32)13-27-24(34)20(11-17(3)4)29-25(35)21-12-18(38-30-21)14-31-6-8-36-9-7-31;1-4-2-6-3-5-4;1-2/h12,16-17,19-20H,6-11,13-15H2,1-5H3,(H,27,34)(H,28,32)(H,29,35);2-3H,1H3;1-2H3. The Hall–Kier alpha value is -3.20. The maximum absolute atomic E-state index is 12.9. The van der Waals surface area contributed by atoms with Gasteiger partial charge in [0.25, 0.3) is 5.91 Å². The summed E-state index contributed by atoms with van der Waals surface area (Å²) in [6, 6.07) is -0.00289. The van der Waals surface area contributed by atoms with Gasteiger partial charge in [-0.2, -0.15) is 0 Å². The predicted octanol–water partition coefficient (Wildman–Crippen LogP) is 3.13. The van der Waals surface area contributed by atoms with Gasteiger partial charge in [0, 0.05) is 30.2 Å². The lowest BCUT2D eigenvalue weighted by Gasteiger charge is -2.25. The number of rotatable bonds is 14. The fourth-order valence-electron chi connectivity index (χ4n) is 4.54. The lowest BCUT2D eigenvalue weighted by molar-refractivity contribution is -0.131. The third kappa shape index (κ3) is 13.7. The normalized spacial score (nSPS) is 18.7. The molecule has 2 saturated heterocycles. The largest absolute Gasteiger partial charge is 0.379 e. The number of epoxide rings is 1. The summed E-state index contributed by atoms with van der Waals surface area (Å²) in [6.07, 6.45) is 0.830. The first-order chi connectivity index (χ1) is 21.9. The molecule has 0 radical (unpaired) electrons. The quantitative estimate of drug-likeness (QED) is 0.255. The molecule has 4 rings (SSSR count). The second-order valence-electron chi connectivity index (χ2n) is 12.2. The number of Topliss-reactive ketones (excluding diaryl/α,β-unsaturated/α-hetero) is 1. The van der Waals surface area contributed by atoms with E-state index < -0.39 is 35.4 Å². The average Bonchev–Trinajstić information content (AvgIpc) is 3.35. The molecule has 0 bridgehead atoms. The first kappa shape index (κ1) is 39.0. The number of hydrogen-bond acceptors (Lipinski definition) is 11. The van der Waals surface area contributed by atoms with Crippen LogP contribution in [-0.4, -0.2) is 95.7 Å². The molecule has 3 N–H and O–H groups in total. The number of carbonyl (C=O) groups excluding carboxylic acids is 4. The van der Waals surface area contributed by atoms with Crippen LogP contribution in [0.1, 0.15) is 83.3 Å². The zero-order valence-corrected chi connectivity index (χ0v) is 29.3. The number of nitrogens with zero attached hydrogens (tertiary/aromatic N) is 3. The zero-order chi connectivity index (χ0) is 34.3. The van der Waals surface area contributed by atoms with Gasteiger partial charge in [-0.05, 0) is 38.5 Å². The second kappa shape index (κ2) is 19.5. The van der Waals surface area contributed by atoms with Crippen LogP contribution in [0.2, 0.25) is 0 Å². The Bertz CT molecular complexity index is 1220. The van der Waals surface area contributed by atoms with Crippen molar-refractivity contribution in [1.29, 1.82) is 0 Å². The number of aryl methyl sites for hydroxylation is 1. The van der Waals surface area contributed by atoms with E-state index in [1.807, 2.05) is 59.4 Å². The van der Waals surface area contributed by atoms with E-state index in [9.17, 15) is 19.2 Å². The number of aromatic nitrogens is 2. The maximum Gasteiger partial charge on any atom is 0.274 e. The van der Waals surface area contributed by atoms with Gasteiger partial charge in [-0.1, -0.05) is 46.7 Å². The van der Waals surface area contributed by atoms with Gasteiger partial charge < -0.3 is 29.9 Å². The van der Waals surface area contributed by atoms with Gasteiger partial charge in [0.15, 0.2) is 17.2 Å². The topological polar surface area (TPSA) is 168 Å². The van der Waals surface area contributed by atoms with Crippen molar-refractivity contribution in [2.45, 2.75) is 92.5 Å². The molecule has 2 aromatic rings. The lowest BCUT2D eigenvalue weighted by Crippen LogP contribution is -2.52. The van der Waals surface area contributed by atoms with Crippen LogP contribution in [-0.2, 0) is 30.4 Å². The number of carbonyl (C=O) groups is 4. The van der Waals surface area contributed by atoms with E-state index in [2.05, 4.69) is 31.0 Å². The van der Waals surface area contributed by atoms with Gasteiger partial charge in [-0.3, -0.25) is 29.1 Å². The molecular formula is C32H52N6O7S. The summed E-state index contributed by atoms with van der Waals surface area (Å²) in [7, 11) is 0. The van der Waals surface area contributed by atoms with Crippen molar-refractivity contribution in [1.82, 2.24) is 31.0 Å². The first-order valence-corrected chi connectivity index (χ1v) is 17.0. The van der Waals surface area contributed by atoms with Crippen molar-refractivity contribution < 1.29 is 33.2 Å². The van der Waals surface area contributed by atoms with Gasteiger partial charge in [-0.15, -0.1) is 11.3 Å². The predicted molar refractivity (Wildman–Crippen MR) is 175 cm³/mol. The third-order valence-corrected chi connectivity index (χ3v) is 7.74. The second-order valence-corrected chi connectivity index (χ2v) is 12.9. The molecule has 2 fully saturated rings. The molecule has 3 atom stereocenters. The molecule has 258 valence electrons. The number of morpholine rings is 1. The molecule has 14 heteroatoms. The number of thiazole rings is 1. The van der Waals surface area contributed by atoms with Gasteiger partial charge >= 0.3 is 0 Å². The van der Waals surface area contributed by atoms with Crippen LogP contribution < -0.4 is 16.0 Å². The molecule has 0 spiro atoms. The summed E-state index contributed by atoms with van der Waals surface area (Å²) in [5.74, 6) is -0.860. The van der Waals surface area contributed by atoms with Crippen LogP contribution in [0, 0.1) is 18.8 Å². The van der Waals surface area contributed by atoms with Crippen LogP contribution in [0.4, 0.5) is 0 Å². The van der Waals surface area contributed by atoms with Gasteiger partial charge in [0.05, 0.1) is 44.5 Å². The summed E-state index contributed by atoms with van der Waals surface area (Å²) in [6.45, 7) is 18.8. The van der Waals surface area contributed by atoms with Gasteiger partial charge in [0.2, 0.25) is 11.8 Å². The minimum absolute atomic E-state index is 0.0818. The molecule has 0 aliphatic carbocycles. The van der Waals surface area contributed by atoms with Crippen molar-refractivity contribution in [3.8, 4) is 0 Å². The molecule has 46 heavy (non-hydrogen) atoms. The van der Waals surface area contributed by atoms with Gasteiger partial charge in [-0.25, -0.2) is 0 Å². The average molecular weight is 665 g/mol. The molecule has 3 amide bonds. The van der Waals surface area contributed by atoms with Crippen molar-refractivity contribution in [3.05, 3.63) is 34.1 Å². The molecule has 0 saturated carbocycles. The summed E-state index contributed by atoms with van der Waals surface area (Å²) < 4.78 is 15.9. The number of hydrogen-bond donors (Lipinski definition) is 3. The minimum Gasteiger partial charge on any atom is -0.379 e. The molecule has 4 heterocycles. The summed E-state index contributed by atoms with van der Waals surface area (Å²) >= 11 is 1.63. The lowest BCUT2D eigenvalue weighted by atomic mass is 9.93. The van der Waals surface area contributed by atoms with Crippen molar-refractivity contribution in [2.75, 3.05) is 39.5 Å². The number of nitrogens with one attached hydrogen (secondary N) is 3. The van der Waals surface area contributed by atoms with Gasteiger partial charge in [0.1, 0.15) is 11.6 Å². The Morgan fingerprint density at radius 3 is 2.17 bits per heavy atom. The van der Waals surface area contributed by atoms with Crippen molar-refractivity contribution in [2.24, 2.45) is 11.8 Å². The summed E-state index contributed by atoms with van der Waals surface area (Å²) in [5.41, 5.74) is 2.17. The van der Waals surface area contributed by atoms with E-state index in [0.717, 1.165) is 18.8 Å². The smallest absolute Gasteiger partial charge is 0.274 e. The van der Waals surface area contributed by atoms with E-state index in [0.29, 0.717) is 45.0 Å². The monoisotopic (exact) mass is 664 g/mol. The SMILES string of the molecule is CC.CC(C)CC(NC(=O)c1cc(CN2CCOCC2)on1)C(=O)NCC(=O)NC(CC(C)C)C(=O)C1(C)CO1.Cc1cscn1. The highest BCUT2D eigenvalue weighted by Crippen LogP contribution is 2.29. The van der Waals surface area contributed by atoms with E-state index in [1.54, 1.807) is 24.3 Å². The van der Waals surface area contributed by atoms with Crippen molar-refractivity contribution >= 4 is 34.8 Å². The highest BCUT2D eigenvalue weighted by Gasteiger charge is 2.50. The van der Waals surface area contributed by atoms with E-state index in [1.165, 1.54) is 0 Å². The zero-order valence-electron chi connectivity index (χ0n) is 28.5. The van der Waals surface area contributed by atoms with Crippen LogP contribution in [0.25, 0.3) is 0 Å². The van der Waals surface area contributed by atoms with Crippen molar-refractivity contribution in [3.63, 3.8) is 0 Å². The van der Waals surface area contributed by atoms with Crippen LogP contribution in [0.15, 0.2) is 21.5 Å². The molecule has 13 nitrogen and oxygen atoms in total. The summed E-state index contributed by atoms with van der Waals surface area (Å²) in [5, 5.41) is 13.9. The fraction of sp³-hybridized carbons (Fsp3) is 0.688. The maximum atomic E-state index is 12.9. The first-order valence-electron chi connectivity index (χ1n) is 16.0. The Balaban J connectivity index is 0.000000810. The van der Waals surface area contributed by atoms with Crippen LogP contribution in [0.3, 0.4) is 0 Å². The molecule has 3 unspecified atom stereocenters. The Morgan fingerprint density at radius 1 is 1.02 bits per heavy atom. The third-order valence-electron chi connectivity index (χ3n) is 7.04. The van der Waals surface area contributed by atoms with Crippen LogP contribution in [0.5, 0.6) is 0 Å². The van der Waals surface area contributed by atoms with E-state index >= 15 is 0 Å². The number of ketones is 1. The molecular weight excluding hydrogens is 612 g/mol. The van der Waals surface area contributed by atoms with Crippen LogP contribution >= 0.6 is 11.3 Å². The Morgan fingerprint density at radius 2 is 1.65 bits per heavy atom. The highest BCUT2D eigenvalue weighted by molar-refractivity contribution is 7.07. The molecule has 2 aliphatic heterocycles. The minimum atomic E-state index is -0.874. The fourth-order valence-corrected chi connectivity index (χ4v) is 5.09. The van der Waals surface area contributed by atoms with E-state index in [-0.39, 0.29) is 29.9 Å². The highest BCUT2D eigenvalue weighted by atomic mass is 32.1. The molecule has 2 aromatic heterocycles. The Labute approximate surface area is 276 Å². The molecule has 0 aromatic carbocycles. The molecule has 2 aliphatic rings. The summed E-state index contributed by atoms with van der Waals surface area (Å²) in [4.78, 5) is 57.2. The number of ether oxygens (including phenoxy) is 2.